The van der Waals surface area contributed by atoms with Crippen molar-refractivity contribution in [1.29, 1.82) is 0 Å². The summed E-state index contributed by atoms with van der Waals surface area (Å²) in [6.45, 7) is 0. The first-order chi connectivity index (χ1) is 14.0. The molecule has 29 heavy (non-hydrogen) atoms. The Morgan fingerprint density at radius 1 is 0.931 bits per heavy atom. The fourth-order valence-electron chi connectivity index (χ4n) is 2.88. The summed E-state index contributed by atoms with van der Waals surface area (Å²) in [6, 6.07) is 13.9. The zero-order valence-corrected chi connectivity index (χ0v) is 16.0. The number of anilines is 1. The highest BCUT2D eigenvalue weighted by Crippen LogP contribution is 2.31. The first kappa shape index (κ1) is 18.9. The van der Waals surface area contributed by atoms with Gasteiger partial charge < -0.3 is 5.32 Å². The molecule has 1 aliphatic rings. The van der Waals surface area contributed by atoms with E-state index in [0.717, 1.165) is 23.6 Å². The minimum absolute atomic E-state index is 0.00510. The van der Waals surface area contributed by atoms with Crippen molar-refractivity contribution < 1.29 is 14.4 Å². The third-order valence-corrected chi connectivity index (χ3v) is 4.84. The number of aromatic nitrogens is 1. The van der Waals surface area contributed by atoms with Gasteiger partial charge in [0, 0.05) is 12.1 Å². The van der Waals surface area contributed by atoms with E-state index in [4.69, 9.17) is 11.6 Å². The number of rotatable bonds is 4. The first-order valence-electron chi connectivity index (χ1n) is 9.07. The standard InChI is InChI=1S/C21H17ClN4O3/c22-18-8-7-15(11-23-18)20(28)25-26-21(29)16-9-13-3-1-2-4-14(13)10-17(16)24-19(27)12-5-6-12/h1-4,7-12H,5-6H2,(H,24,27)(H,25,28)(H,26,29). The maximum atomic E-state index is 12.8. The van der Waals surface area contributed by atoms with Gasteiger partial charge in [0.25, 0.3) is 11.8 Å². The Kier molecular flexibility index (Phi) is 5.14. The number of carbonyl (C=O) groups excluding carboxylic acids is 3. The number of hydrogen-bond donors (Lipinski definition) is 3. The highest BCUT2D eigenvalue weighted by atomic mass is 35.5. The minimum atomic E-state index is -0.544. The van der Waals surface area contributed by atoms with Gasteiger partial charge in [0.2, 0.25) is 5.91 Å². The Hall–Kier alpha value is -3.45. The number of fused-ring (bicyclic) bond motifs is 1. The second kappa shape index (κ2) is 7.89. The van der Waals surface area contributed by atoms with Gasteiger partial charge in [-0.15, -0.1) is 0 Å². The highest BCUT2D eigenvalue weighted by Gasteiger charge is 2.30. The van der Waals surface area contributed by atoms with Gasteiger partial charge in [-0.1, -0.05) is 35.9 Å². The van der Waals surface area contributed by atoms with Crippen LogP contribution in [0.2, 0.25) is 5.15 Å². The predicted molar refractivity (Wildman–Crippen MR) is 109 cm³/mol. The number of nitrogens with one attached hydrogen (secondary N) is 3. The smallest absolute Gasteiger partial charge is 0.271 e. The maximum absolute atomic E-state index is 12.8. The second-order valence-electron chi connectivity index (χ2n) is 6.79. The Bertz CT molecular complexity index is 1110. The largest absolute Gasteiger partial charge is 0.325 e. The van der Waals surface area contributed by atoms with Crippen molar-refractivity contribution in [2.75, 3.05) is 5.32 Å². The van der Waals surface area contributed by atoms with Crippen molar-refractivity contribution in [3.05, 3.63) is 71.0 Å². The molecule has 1 aromatic heterocycles. The number of benzene rings is 2. The van der Waals surface area contributed by atoms with Crippen LogP contribution in [-0.4, -0.2) is 22.7 Å². The van der Waals surface area contributed by atoms with Crippen LogP contribution in [0.5, 0.6) is 0 Å². The molecule has 0 bridgehead atoms. The van der Waals surface area contributed by atoms with Crippen LogP contribution in [0, 0.1) is 5.92 Å². The Labute approximate surface area is 171 Å². The van der Waals surface area contributed by atoms with Crippen LogP contribution in [0.3, 0.4) is 0 Å². The molecule has 0 spiro atoms. The van der Waals surface area contributed by atoms with Gasteiger partial charge in [-0.25, -0.2) is 4.98 Å². The fourth-order valence-corrected chi connectivity index (χ4v) is 2.99. The molecule has 1 aliphatic carbocycles. The number of hydrogen-bond acceptors (Lipinski definition) is 4. The summed E-state index contributed by atoms with van der Waals surface area (Å²) in [4.78, 5) is 41.0. The van der Waals surface area contributed by atoms with E-state index in [-0.39, 0.29) is 28.1 Å². The summed E-state index contributed by atoms with van der Waals surface area (Å²) in [6.07, 6.45) is 3.01. The molecule has 0 radical (unpaired) electrons. The summed E-state index contributed by atoms with van der Waals surface area (Å²) >= 11 is 5.71. The highest BCUT2D eigenvalue weighted by molar-refractivity contribution is 6.29. The van der Waals surface area contributed by atoms with E-state index < -0.39 is 11.8 Å². The van der Waals surface area contributed by atoms with Crippen LogP contribution in [0.4, 0.5) is 5.69 Å². The molecule has 0 aliphatic heterocycles. The van der Waals surface area contributed by atoms with E-state index in [1.165, 1.54) is 18.3 Å². The summed E-state index contributed by atoms with van der Waals surface area (Å²) in [5.41, 5.74) is 5.64. The van der Waals surface area contributed by atoms with Crippen molar-refractivity contribution >= 4 is 45.8 Å². The molecule has 0 saturated heterocycles. The van der Waals surface area contributed by atoms with E-state index in [1.54, 1.807) is 12.1 Å². The summed E-state index contributed by atoms with van der Waals surface area (Å²) in [7, 11) is 0. The Morgan fingerprint density at radius 2 is 1.62 bits per heavy atom. The molecule has 3 amide bonds. The average molecular weight is 409 g/mol. The molecule has 3 aromatic rings. The quantitative estimate of drug-likeness (QED) is 0.455. The number of carbonyl (C=O) groups is 3. The van der Waals surface area contributed by atoms with Gasteiger partial charge in [-0.2, -0.15) is 0 Å². The van der Waals surface area contributed by atoms with Crippen LogP contribution in [0.1, 0.15) is 33.6 Å². The molecular weight excluding hydrogens is 392 g/mol. The zero-order valence-electron chi connectivity index (χ0n) is 15.2. The SMILES string of the molecule is O=C(NNC(=O)c1cc2ccccc2cc1NC(=O)C1CC1)c1ccc(Cl)nc1. The zero-order chi connectivity index (χ0) is 20.4. The van der Waals surface area contributed by atoms with Gasteiger partial charge in [-0.3, -0.25) is 25.2 Å². The van der Waals surface area contributed by atoms with Crippen LogP contribution in [-0.2, 0) is 4.79 Å². The van der Waals surface area contributed by atoms with Gasteiger partial charge in [0.15, 0.2) is 0 Å². The summed E-state index contributed by atoms with van der Waals surface area (Å²) in [5.74, 6) is -1.19. The maximum Gasteiger partial charge on any atom is 0.271 e. The molecular formula is C21H17ClN4O3. The number of hydrazine groups is 1. The van der Waals surface area contributed by atoms with Crippen molar-refractivity contribution in [2.24, 2.45) is 5.92 Å². The van der Waals surface area contributed by atoms with Gasteiger partial charge in [0.05, 0.1) is 16.8 Å². The molecule has 1 fully saturated rings. The van der Waals surface area contributed by atoms with E-state index in [9.17, 15) is 14.4 Å². The molecule has 0 unspecified atom stereocenters. The topological polar surface area (TPSA) is 100 Å². The van der Waals surface area contributed by atoms with Crippen molar-refractivity contribution in [3.63, 3.8) is 0 Å². The molecule has 4 rings (SSSR count). The second-order valence-corrected chi connectivity index (χ2v) is 7.17. The molecule has 1 heterocycles. The molecule has 1 saturated carbocycles. The third-order valence-electron chi connectivity index (χ3n) is 4.62. The summed E-state index contributed by atoms with van der Waals surface area (Å²) < 4.78 is 0. The normalized spacial score (nSPS) is 13.0. The number of halogens is 1. The molecule has 0 atom stereocenters. The van der Waals surface area contributed by atoms with Crippen LogP contribution in [0.25, 0.3) is 10.8 Å². The van der Waals surface area contributed by atoms with E-state index in [1.807, 2.05) is 24.3 Å². The van der Waals surface area contributed by atoms with Gasteiger partial charge in [0.1, 0.15) is 5.15 Å². The molecule has 3 N–H and O–H groups in total. The summed E-state index contributed by atoms with van der Waals surface area (Å²) in [5, 5.41) is 4.83. The molecule has 8 heteroatoms. The third kappa shape index (κ3) is 4.35. The van der Waals surface area contributed by atoms with Crippen molar-refractivity contribution in [2.45, 2.75) is 12.8 Å². The van der Waals surface area contributed by atoms with Crippen molar-refractivity contribution in [3.8, 4) is 0 Å². The molecule has 146 valence electrons. The van der Waals surface area contributed by atoms with Crippen LogP contribution < -0.4 is 16.2 Å². The predicted octanol–water partition coefficient (Wildman–Crippen LogP) is 3.31. The lowest BCUT2D eigenvalue weighted by atomic mass is 10.0. The lowest BCUT2D eigenvalue weighted by molar-refractivity contribution is -0.117. The fraction of sp³-hybridized carbons (Fsp3) is 0.143. The van der Waals surface area contributed by atoms with E-state index >= 15 is 0 Å². The number of nitrogens with zero attached hydrogens (tertiary/aromatic N) is 1. The minimum Gasteiger partial charge on any atom is -0.325 e. The van der Waals surface area contributed by atoms with Crippen molar-refractivity contribution in [1.82, 2.24) is 15.8 Å². The monoisotopic (exact) mass is 408 g/mol. The first-order valence-corrected chi connectivity index (χ1v) is 9.45. The Balaban J connectivity index is 1.55. The lowest BCUT2D eigenvalue weighted by Crippen LogP contribution is -2.42. The van der Waals surface area contributed by atoms with E-state index in [2.05, 4.69) is 21.2 Å². The number of amides is 3. The average Bonchev–Trinajstić information content (AvgIpc) is 3.57. The lowest BCUT2D eigenvalue weighted by Gasteiger charge is -2.14. The Morgan fingerprint density at radius 3 is 2.28 bits per heavy atom. The number of pyridine rings is 1. The van der Waals surface area contributed by atoms with Crippen LogP contribution >= 0.6 is 11.6 Å². The van der Waals surface area contributed by atoms with Crippen LogP contribution in [0.15, 0.2) is 54.7 Å². The molecule has 7 nitrogen and oxygen atoms in total. The molecule has 2 aromatic carbocycles. The van der Waals surface area contributed by atoms with Gasteiger partial charge in [-0.05, 0) is 47.9 Å². The van der Waals surface area contributed by atoms with E-state index in [0.29, 0.717) is 5.69 Å². The van der Waals surface area contributed by atoms with Gasteiger partial charge >= 0.3 is 0 Å².